The first-order chi connectivity index (χ1) is 17.4. The second-order valence-electron chi connectivity index (χ2n) is 7.99. The molecule has 36 heavy (non-hydrogen) atoms. The lowest BCUT2D eigenvalue weighted by atomic mass is 10.1. The van der Waals surface area contributed by atoms with Crippen LogP contribution in [0.4, 0.5) is 11.4 Å². The molecule has 0 fully saturated rings. The molecule has 182 valence electrons. The molecule has 0 bridgehead atoms. The predicted molar refractivity (Wildman–Crippen MR) is 141 cm³/mol. The van der Waals surface area contributed by atoms with Crippen LogP contribution in [0.2, 0.25) is 0 Å². The molecule has 0 radical (unpaired) electrons. The second kappa shape index (κ2) is 11.3. The lowest BCUT2D eigenvalue weighted by molar-refractivity contribution is 0.0955. The Kier molecular flexibility index (Phi) is 7.77. The molecule has 4 aromatic carbocycles. The van der Waals surface area contributed by atoms with Crippen LogP contribution in [0.15, 0.2) is 114 Å². The maximum atomic E-state index is 12.8. The Balaban J connectivity index is 1.40. The smallest absolute Gasteiger partial charge is 0.261 e. The minimum atomic E-state index is -3.80. The number of nitrogens with one attached hydrogen (secondary N) is 3. The van der Waals surface area contributed by atoms with Crippen LogP contribution in [0.5, 0.6) is 0 Å². The monoisotopic (exact) mass is 499 g/mol. The molecular weight excluding hydrogens is 474 g/mol. The number of hydrogen-bond donors (Lipinski definition) is 3. The molecule has 4 aromatic rings. The molecule has 0 aliphatic carbocycles. The van der Waals surface area contributed by atoms with E-state index < -0.39 is 15.9 Å². The topological polar surface area (TPSA) is 104 Å². The molecule has 0 atom stereocenters. The summed E-state index contributed by atoms with van der Waals surface area (Å²) in [5.41, 5.74) is 2.52. The first-order valence-corrected chi connectivity index (χ1v) is 12.8. The van der Waals surface area contributed by atoms with Crippen LogP contribution in [-0.4, -0.2) is 26.8 Å². The standard InChI is InChI=1S/C28H25N3O4S/c32-27(22-15-17-24(18-16-22)36(34,35)31-23-11-5-2-6-12-23)30-26-14-8-7-13-25(26)28(33)29-20-19-21-9-3-1-4-10-21/h1-18,31H,19-20H2,(H,29,33)(H,30,32). The molecule has 0 aliphatic rings. The first kappa shape index (κ1) is 24.7. The van der Waals surface area contributed by atoms with Crippen molar-refractivity contribution < 1.29 is 18.0 Å². The van der Waals surface area contributed by atoms with Crippen LogP contribution in [0.25, 0.3) is 0 Å². The van der Waals surface area contributed by atoms with Crippen LogP contribution in [0, 0.1) is 0 Å². The van der Waals surface area contributed by atoms with E-state index >= 15 is 0 Å². The van der Waals surface area contributed by atoms with Gasteiger partial charge < -0.3 is 10.6 Å². The van der Waals surface area contributed by atoms with E-state index in [-0.39, 0.29) is 16.4 Å². The highest BCUT2D eigenvalue weighted by atomic mass is 32.2. The maximum Gasteiger partial charge on any atom is 0.261 e. The summed E-state index contributed by atoms with van der Waals surface area (Å²) in [7, 11) is -3.80. The summed E-state index contributed by atoms with van der Waals surface area (Å²) in [6.45, 7) is 0.456. The molecule has 4 rings (SSSR count). The van der Waals surface area contributed by atoms with Crippen molar-refractivity contribution in [2.45, 2.75) is 11.3 Å². The lowest BCUT2D eigenvalue weighted by Crippen LogP contribution is -2.27. The Labute approximate surface area is 210 Å². The van der Waals surface area contributed by atoms with Gasteiger partial charge >= 0.3 is 0 Å². The van der Waals surface area contributed by atoms with Gasteiger partial charge in [0.1, 0.15) is 0 Å². The van der Waals surface area contributed by atoms with Gasteiger partial charge in [0.05, 0.1) is 16.1 Å². The summed E-state index contributed by atoms with van der Waals surface area (Å²) in [6, 6.07) is 30.7. The number of carbonyl (C=O) groups excluding carboxylic acids is 2. The third-order valence-corrected chi connectivity index (χ3v) is 6.81. The molecule has 0 aliphatic heterocycles. The number of benzene rings is 4. The van der Waals surface area contributed by atoms with E-state index in [0.717, 1.165) is 5.56 Å². The quantitative estimate of drug-likeness (QED) is 0.310. The largest absolute Gasteiger partial charge is 0.352 e. The van der Waals surface area contributed by atoms with Crippen molar-refractivity contribution in [2.75, 3.05) is 16.6 Å². The average molecular weight is 500 g/mol. The summed E-state index contributed by atoms with van der Waals surface area (Å²) in [4.78, 5) is 25.6. The van der Waals surface area contributed by atoms with Crippen LogP contribution in [-0.2, 0) is 16.4 Å². The molecule has 0 spiro atoms. The second-order valence-corrected chi connectivity index (χ2v) is 9.67. The van der Waals surface area contributed by atoms with Gasteiger partial charge in [-0.05, 0) is 60.5 Å². The molecule has 0 saturated heterocycles. The Morgan fingerprint density at radius 3 is 1.97 bits per heavy atom. The number of amides is 2. The molecule has 0 heterocycles. The summed E-state index contributed by atoms with van der Waals surface area (Å²) in [5, 5.41) is 5.63. The van der Waals surface area contributed by atoms with E-state index in [4.69, 9.17) is 0 Å². The van der Waals surface area contributed by atoms with Gasteiger partial charge in [-0.15, -0.1) is 0 Å². The third kappa shape index (κ3) is 6.37. The zero-order valence-corrected chi connectivity index (χ0v) is 20.2. The van der Waals surface area contributed by atoms with Crippen LogP contribution in [0.1, 0.15) is 26.3 Å². The van der Waals surface area contributed by atoms with Crippen LogP contribution >= 0.6 is 0 Å². The Hall–Kier alpha value is -4.43. The highest BCUT2D eigenvalue weighted by Crippen LogP contribution is 2.19. The number of hydrogen-bond acceptors (Lipinski definition) is 4. The van der Waals surface area contributed by atoms with E-state index in [1.807, 2.05) is 30.3 Å². The summed E-state index contributed by atoms with van der Waals surface area (Å²) in [6.07, 6.45) is 0.690. The van der Waals surface area contributed by atoms with E-state index in [1.165, 1.54) is 24.3 Å². The number of rotatable bonds is 9. The lowest BCUT2D eigenvalue weighted by Gasteiger charge is -2.12. The number of anilines is 2. The van der Waals surface area contributed by atoms with Crippen LogP contribution < -0.4 is 15.4 Å². The van der Waals surface area contributed by atoms with Gasteiger partial charge in [0.2, 0.25) is 0 Å². The van der Waals surface area contributed by atoms with Gasteiger partial charge in [0.25, 0.3) is 21.8 Å². The first-order valence-electron chi connectivity index (χ1n) is 11.3. The van der Waals surface area contributed by atoms with Crippen molar-refractivity contribution in [3.05, 3.63) is 126 Å². The van der Waals surface area contributed by atoms with Crippen molar-refractivity contribution in [3.63, 3.8) is 0 Å². The minimum Gasteiger partial charge on any atom is -0.352 e. The van der Waals surface area contributed by atoms with Crippen molar-refractivity contribution in [3.8, 4) is 0 Å². The van der Waals surface area contributed by atoms with Crippen molar-refractivity contribution in [1.82, 2.24) is 5.32 Å². The van der Waals surface area contributed by atoms with Gasteiger partial charge in [0.15, 0.2) is 0 Å². The fraction of sp³-hybridized carbons (Fsp3) is 0.0714. The van der Waals surface area contributed by atoms with E-state index in [2.05, 4.69) is 15.4 Å². The molecule has 2 amide bonds. The predicted octanol–water partition coefficient (Wildman–Crippen LogP) is 4.71. The van der Waals surface area contributed by atoms with E-state index in [0.29, 0.717) is 29.9 Å². The minimum absolute atomic E-state index is 0.0288. The molecule has 0 aromatic heterocycles. The Morgan fingerprint density at radius 1 is 0.667 bits per heavy atom. The number of para-hydroxylation sites is 2. The normalized spacial score (nSPS) is 10.9. The number of carbonyl (C=O) groups is 2. The maximum absolute atomic E-state index is 12.8. The number of sulfonamides is 1. The van der Waals surface area contributed by atoms with Gasteiger partial charge in [-0.1, -0.05) is 60.7 Å². The molecule has 8 heteroatoms. The highest BCUT2D eigenvalue weighted by Gasteiger charge is 2.17. The van der Waals surface area contributed by atoms with Crippen molar-refractivity contribution >= 4 is 33.2 Å². The fourth-order valence-electron chi connectivity index (χ4n) is 3.55. The molecule has 0 saturated carbocycles. The average Bonchev–Trinajstić information content (AvgIpc) is 2.90. The van der Waals surface area contributed by atoms with Gasteiger partial charge in [-0.25, -0.2) is 8.42 Å². The Bertz CT molecular complexity index is 1440. The Morgan fingerprint density at radius 2 is 1.28 bits per heavy atom. The highest BCUT2D eigenvalue weighted by molar-refractivity contribution is 7.92. The van der Waals surface area contributed by atoms with Crippen molar-refractivity contribution in [1.29, 1.82) is 0 Å². The van der Waals surface area contributed by atoms with Crippen LogP contribution in [0.3, 0.4) is 0 Å². The SMILES string of the molecule is O=C(Nc1ccccc1C(=O)NCCc1ccccc1)c1ccc(S(=O)(=O)Nc2ccccc2)cc1. The van der Waals surface area contributed by atoms with Crippen molar-refractivity contribution in [2.24, 2.45) is 0 Å². The molecule has 7 nitrogen and oxygen atoms in total. The van der Waals surface area contributed by atoms with Gasteiger partial charge in [-0.2, -0.15) is 0 Å². The van der Waals surface area contributed by atoms with E-state index in [9.17, 15) is 18.0 Å². The van der Waals surface area contributed by atoms with Gasteiger partial charge in [-0.3, -0.25) is 14.3 Å². The molecule has 3 N–H and O–H groups in total. The summed E-state index contributed by atoms with van der Waals surface area (Å²) < 4.78 is 27.7. The summed E-state index contributed by atoms with van der Waals surface area (Å²) >= 11 is 0. The van der Waals surface area contributed by atoms with E-state index in [1.54, 1.807) is 54.6 Å². The zero-order valence-electron chi connectivity index (χ0n) is 19.3. The third-order valence-electron chi connectivity index (χ3n) is 5.41. The molecular formula is C28H25N3O4S. The fourth-order valence-corrected chi connectivity index (χ4v) is 4.61. The van der Waals surface area contributed by atoms with Gasteiger partial charge in [0, 0.05) is 17.8 Å². The molecule has 0 unspecified atom stereocenters. The zero-order chi connectivity index (χ0) is 25.4. The summed E-state index contributed by atoms with van der Waals surface area (Å²) in [5.74, 6) is -0.755.